The highest BCUT2D eigenvalue weighted by Gasteiger charge is 2.38. The summed E-state index contributed by atoms with van der Waals surface area (Å²) in [5.74, 6) is -1.77. The van der Waals surface area contributed by atoms with Gasteiger partial charge in [-0.25, -0.2) is 4.79 Å². The van der Waals surface area contributed by atoms with Gasteiger partial charge in [0.2, 0.25) is 5.85 Å². The Kier molecular flexibility index (Phi) is 6.50. The number of ether oxygens (including phenoxy) is 1. The third-order valence-electron chi connectivity index (χ3n) is 3.32. The quantitative estimate of drug-likeness (QED) is 0.422. The Morgan fingerprint density at radius 2 is 1.50 bits per heavy atom. The van der Waals surface area contributed by atoms with Crippen molar-refractivity contribution in [3.05, 3.63) is 77.9 Å². The molecule has 5 nitrogen and oxygen atoms in total. The molecule has 2 rings (SSSR count). The third kappa shape index (κ3) is 4.65. The van der Waals surface area contributed by atoms with E-state index in [2.05, 4.69) is 0 Å². The van der Waals surface area contributed by atoms with Crippen LogP contribution >= 0.6 is 7.60 Å². The number of hydrogen-bond donors (Lipinski definition) is 0. The molecule has 1 atom stereocenters. The van der Waals surface area contributed by atoms with Crippen LogP contribution < -0.4 is 0 Å². The minimum absolute atomic E-state index is 0.533. The van der Waals surface area contributed by atoms with Gasteiger partial charge >= 0.3 is 13.6 Å². The Bertz CT molecular complexity index is 720. The van der Waals surface area contributed by atoms with Gasteiger partial charge in [-0.3, -0.25) is 4.57 Å². The SMILES string of the molecule is COP(=O)(OC)C(OC(=O)/C=C/c1ccccc1)c1ccccc1. The number of hydrogen-bond acceptors (Lipinski definition) is 5. The van der Waals surface area contributed by atoms with E-state index < -0.39 is 19.4 Å². The van der Waals surface area contributed by atoms with E-state index in [1.54, 1.807) is 30.3 Å². The lowest BCUT2D eigenvalue weighted by Crippen LogP contribution is -2.12. The molecule has 0 radical (unpaired) electrons. The summed E-state index contributed by atoms with van der Waals surface area (Å²) in [6.45, 7) is 0. The Hall–Kier alpha value is -2.20. The van der Waals surface area contributed by atoms with E-state index in [1.807, 2.05) is 36.4 Å². The third-order valence-corrected chi connectivity index (χ3v) is 5.32. The van der Waals surface area contributed by atoms with Crippen LogP contribution in [0.1, 0.15) is 17.0 Å². The average molecular weight is 346 g/mol. The monoisotopic (exact) mass is 346 g/mol. The molecule has 0 aromatic heterocycles. The van der Waals surface area contributed by atoms with Crippen molar-refractivity contribution in [3.63, 3.8) is 0 Å². The Labute approximate surface area is 141 Å². The van der Waals surface area contributed by atoms with Gasteiger partial charge in [-0.15, -0.1) is 0 Å². The number of esters is 1. The maximum atomic E-state index is 12.7. The molecule has 2 aromatic rings. The standard InChI is InChI=1S/C18H19O5P/c1-21-24(20,22-2)18(16-11-7-4-8-12-16)23-17(19)14-13-15-9-5-3-6-10-15/h3-14,18H,1-2H3/b14-13+. The molecule has 2 aromatic carbocycles. The van der Waals surface area contributed by atoms with Crippen molar-refractivity contribution in [2.24, 2.45) is 0 Å². The molecule has 0 aliphatic carbocycles. The van der Waals surface area contributed by atoms with Crippen molar-refractivity contribution in [3.8, 4) is 0 Å². The molecule has 0 bridgehead atoms. The lowest BCUT2D eigenvalue weighted by Gasteiger charge is -2.24. The average Bonchev–Trinajstić information content (AvgIpc) is 2.65. The molecule has 24 heavy (non-hydrogen) atoms. The van der Waals surface area contributed by atoms with Gasteiger partial charge in [-0.2, -0.15) is 0 Å². The topological polar surface area (TPSA) is 61.8 Å². The van der Waals surface area contributed by atoms with Crippen molar-refractivity contribution in [1.82, 2.24) is 0 Å². The second-order valence-electron chi connectivity index (χ2n) is 4.85. The Morgan fingerprint density at radius 1 is 0.958 bits per heavy atom. The molecule has 0 spiro atoms. The molecule has 0 saturated carbocycles. The van der Waals surface area contributed by atoms with Crippen molar-refractivity contribution in [2.75, 3.05) is 14.2 Å². The fourth-order valence-corrected chi connectivity index (χ4v) is 3.38. The molecule has 0 N–H and O–H groups in total. The highest BCUT2D eigenvalue weighted by atomic mass is 31.2. The van der Waals surface area contributed by atoms with Gasteiger partial charge in [-0.1, -0.05) is 60.7 Å². The fourth-order valence-electron chi connectivity index (χ4n) is 2.08. The van der Waals surface area contributed by atoms with E-state index in [4.69, 9.17) is 13.8 Å². The number of benzene rings is 2. The van der Waals surface area contributed by atoms with E-state index >= 15 is 0 Å². The zero-order chi connectivity index (χ0) is 17.4. The fraction of sp³-hybridized carbons (Fsp3) is 0.167. The summed E-state index contributed by atoms with van der Waals surface area (Å²) < 4.78 is 28.1. The molecule has 6 heteroatoms. The summed E-state index contributed by atoms with van der Waals surface area (Å²) in [4.78, 5) is 12.1. The first-order valence-corrected chi connectivity index (χ1v) is 8.90. The van der Waals surface area contributed by atoms with Crippen LogP contribution in [-0.4, -0.2) is 20.2 Å². The van der Waals surface area contributed by atoms with E-state index in [0.717, 1.165) is 5.56 Å². The molecule has 0 amide bonds. The number of carbonyl (C=O) groups excluding carboxylic acids is 1. The molecule has 0 fully saturated rings. The highest BCUT2D eigenvalue weighted by Crippen LogP contribution is 2.60. The molecular formula is C18H19O5P. The summed E-state index contributed by atoms with van der Waals surface area (Å²) in [7, 11) is -1.12. The first-order valence-electron chi connectivity index (χ1n) is 7.29. The van der Waals surface area contributed by atoms with Crippen molar-refractivity contribution in [1.29, 1.82) is 0 Å². The van der Waals surface area contributed by atoms with Crippen LogP contribution in [0, 0.1) is 0 Å². The van der Waals surface area contributed by atoms with Gasteiger partial charge in [0.1, 0.15) is 0 Å². The predicted molar refractivity (Wildman–Crippen MR) is 92.4 cm³/mol. The van der Waals surface area contributed by atoms with Crippen LogP contribution in [0.25, 0.3) is 6.08 Å². The van der Waals surface area contributed by atoms with E-state index in [-0.39, 0.29) is 0 Å². The van der Waals surface area contributed by atoms with Gasteiger partial charge in [0, 0.05) is 25.9 Å². The van der Waals surface area contributed by atoms with Crippen LogP contribution in [0.2, 0.25) is 0 Å². The van der Waals surface area contributed by atoms with Gasteiger partial charge in [0.05, 0.1) is 0 Å². The number of rotatable bonds is 7. The van der Waals surface area contributed by atoms with Crippen molar-refractivity contribution in [2.45, 2.75) is 5.85 Å². The van der Waals surface area contributed by atoms with Gasteiger partial charge in [0.15, 0.2) is 0 Å². The van der Waals surface area contributed by atoms with Crippen LogP contribution in [0.3, 0.4) is 0 Å². The van der Waals surface area contributed by atoms with E-state index in [9.17, 15) is 9.36 Å². The van der Waals surface area contributed by atoms with Crippen molar-refractivity contribution >= 4 is 19.6 Å². The van der Waals surface area contributed by atoms with Crippen LogP contribution in [0.4, 0.5) is 0 Å². The first-order chi connectivity index (χ1) is 11.6. The number of carbonyl (C=O) groups is 1. The normalized spacial score (nSPS) is 12.9. The smallest absolute Gasteiger partial charge is 0.375 e. The second kappa shape index (κ2) is 8.60. The Balaban J connectivity index is 2.21. The molecule has 0 aliphatic heterocycles. The molecule has 0 saturated heterocycles. The lowest BCUT2D eigenvalue weighted by molar-refractivity contribution is -0.140. The maximum absolute atomic E-state index is 12.7. The minimum atomic E-state index is -3.64. The highest BCUT2D eigenvalue weighted by molar-refractivity contribution is 7.54. The van der Waals surface area contributed by atoms with Gasteiger partial charge in [-0.05, 0) is 11.6 Å². The zero-order valence-electron chi connectivity index (χ0n) is 13.5. The van der Waals surface area contributed by atoms with Crippen LogP contribution in [0.5, 0.6) is 0 Å². The second-order valence-corrected chi connectivity index (χ2v) is 7.13. The molecule has 1 unspecified atom stereocenters. The summed E-state index contributed by atoms with van der Waals surface area (Å²) in [5, 5.41) is 0. The molecule has 0 aliphatic rings. The minimum Gasteiger partial charge on any atom is -0.441 e. The maximum Gasteiger partial charge on any atom is 0.375 e. The predicted octanol–water partition coefficient (Wildman–Crippen LogP) is 4.43. The molecule has 126 valence electrons. The van der Waals surface area contributed by atoms with Crippen LogP contribution in [0.15, 0.2) is 66.7 Å². The van der Waals surface area contributed by atoms with Gasteiger partial charge < -0.3 is 13.8 Å². The van der Waals surface area contributed by atoms with E-state index in [1.165, 1.54) is 20.3 Å². The summed E-state index contributed by atoms with van der Waals surface area (Å²) in [6, 6.07) is 18.0. The zero-order valence-corrected chi connectivity index (χ0v) is 14.4. The van der Waals surface area contributed by atoms with Crippen molar-refractivity contribution < 1.29 is 23.1 Å². The summed E-state index contributed by atoms with van der Waals surface area (Å²) in [5.41, 5.74) is 1.39. The summed E-state index contributed by atoms with van der Waals surface area (Å²) in [6.07, 6.45) is 2.90. The van der Waals surface area contributed by atoms with E-state index in [0.29, 0.717) is 5.56 Å². The molecular weight excluding hydrogens is 327 g/mol. The summed E-state index contributed by atoms with van der Waals surface area (Å²) >= 11 is 0. The largest absolute Gasteiger partial charge is 0.441 e. The first kappa shape index (κ1) is 18.1. The lowest BCUT2D eigenvalue weighted by atomic mass is 10.2. The molecule has 0 heterocycles. The van der Waals surface area contributed by atoms with Gasteiger partial charge in [0.25, 0.3) is 0 Å². The Morgan fingerprint density at radius 3 is 2.04 bits per heavy atom. The van der Waals surface area contributed by atoms with Crippen LogP contribution in [-0.2, 0) is 23.1 Å².